The van der Waals surface area contributed by atoms with E-state index in [1.54, 1.807) is 0 Å². The summed E-state index contributed by atoms with van der Waals surface area (Å²) in [5.41, 5.74) is 2.83. The predicted molar refractivity (Wildman–Crippen MR) is 80.1 cm³/mol. The molecule has 0 amide bonds. The summed E-state index contributed by atoms with van der Waals surface area (Å²) in [7, 11) is 0. The van der Waals surface area contributed by atoms with Crippen LogP contribution in [0.4, 0.5) is 0 Å². The minimum atomic E-state index is 0. The Balaban J connectivity index is -0.000000270. The fraction of sp³-hybridized carbons (Fsp3) is 0.556. The zero-order valence-corrected chi connectivity index (χ0v) is 21.1. The third-order valence-corrected chi connectivity index (χ3v) is 3.13. The van der Waals surface area contributed by atoms with Crippen LogP contribution in [0.1, 0.15) is 65.2 Å². The Labute approximate surface area is 184 Å². The quantitative estimate of drug-likeness (QED) is 0.207. The zero-order chi connectivity index (χ0) is 13.1. The molecule has 2 aliphatic rings. The van der Waals surface area contributed by atoms with E-state index in [4.69, 9.17) is 0 Å². The fourth-order valence-corrected chi connectivity index (χ4v) is 1.98. The molecule has 0 N–H and O–H groups in total. The van der Waals surface area contributed by atoms with Gasteiger partial charge in [-0.1, -0.05) is 52.4 Å². The molecule has 0 saturated heterocycles. The molecule has 2 rings (SSSR count). The van der Waals surface area contributed by atoms with Crippen molar-refractivity contribution >= 4 is 0 Å². The largest absolute Gasteiger partial charge is 4.00 e. The Morgan fingerprint density at radius 3 is 1.43 bits per heavy atom. The van der Waals surface area contributed by atoms with E-state index in [2.05, 4.69) is 50.3 Å². The molecule has 0 saturated carbocycles. The second-order valence-electron chi connectivity index (χ2n) is 4.82. The van der Waals surface area contributed by atoms with Gasteiger partial charge < -0.3 is 48.0 Å². The smallest absolute Gasteiger partial charge is 1.00 e. The molecule has 116 valence electrons. The third-order valence-electron chi connectivity index (χ3n) is 3.13. The molecule has 0 aromatic carbocycles. The van der Waals surface area contributed by atoms with Crippen LogP contribution in [0.25, 0.3) is 0 Å². The molecular weight excluding hydrogens is 648 g/mol. The molecule has 2 aliphatic carbocycles. The van der Waals surface area contributed by atoms with Crippen LogP contribution in [-0.2, 0) is 25.8 Å². The van der Waals surface area contributed by atoms with Gasteiger partial charge >= 0.3 is 25.8 Å². The molecule has 0 aliphatic heterocycles. The van der Waals surface area contributed by atoms with Crippen LogP contribution in [0.2, 0.25) is 0 Å². The van der Waals surface area contributed by atoms with Gasteiger partial charge in [0.1, 0.15) is 0 Å². The van der Waals surface area contributed by atoms with Crippen LogP contribution in [0.15, 0.2) is 35.5 Å². The Hall–Kier alpha value is 1.29. The Morgan fingerprint density at radius 1 is 0.810 bits per heavy atom. The summed E-state index contributed by atoms with van der Waals surface area (Å²) < 4.78 is 0. The topological polar surface area (TPSA) is 0 Å². The van der Waals surface area contributed by atoms with Gasteiger partial charge in [-0.05, 0) is 0 Å². The van der Waals surface area contributed by atoms with Gasteiger partial charge in [0.05, 0.1) is 0 Å². The van der Waals surface area contributed by atoms with Gasteiger partial charge in [0.25, 0.3) is 0 Å². The number of rotatable bonds is 6. The summed E-state index contributed by atoms with van der Waals surface area (Å²) in [6.45, 7) is 4.44. The van der Waals surface area contributed by atoms with Crippen molar-refractivity contribution in [1.82, 2.24) is 0 Å². The first-order chi connectivity index (χ1) is 8.86. The number of hydrogen-bond donors (Lipinski definition) is 0. The van der Waals surface area contributed by atoms with Gasteiger partial charge in [0, 0.05) is 0 Å². The normalized spacial score (nSPS) is 14.0. The minimum absolute atomic E-state index is 0. The van der Waals surface area contributed by atoms with Crippen molar-refractivity contribution < 1.29 is 73.8 Å². The van der Waals surface area contributed by atoms with Gasteiger partial charge in [0.2, 0.25) is 0 Å². The summed E-state index contributed by atoms with van der Waals surface area (Å²) in [4.78, 5) is 0. The molecule has 21 heavy (non-hydrogen) atoms. The van der Waals surface area contributed by atoms with Crippen molar-refractivity contribution in [1.29, 1.82) is 0 Å². The summed E-state index contributed by atoms with van der Waals surface area (Å²) in [6, 6.07) is 0. The molecule has 0 spiro atoms. The standard InChI is InChI=1S/2C9H13.Hf.2HI/c2*1-2-3-6-9-7-4-5-8-9;;;/h2*4,7H,2-3,5-6H2,1H3;;2*1H/q2*-1;+4;;/p-2. The molecule has 0 bridgehead atoms. The molecular formula is C18H26HfI2. The SMILES string of the molecule is CCCCC1=[C-]CC=C1.CCCCC1=[C-]CC=C1.[Hf+4].[I-].[I-]. The Morgan fingerprint density at radius 2 is 1.19 bits per heavy atom. The first-order valence-corrected chi connectivity index (χ1v) is 7.39. The summed E-state index contributed by atoms with van der Waals surface area (Å²) in [6.07, 6.45) is 25.1. The third kappa shape index (κ3) is 14.6. The van der Waals surface area contributed by atoms with Crippen LogP contribution in [0, 0.1) is 12.2 Å². The fourth-order valence-electron chi connectivity index (χ4n) is 1.98. The van der Waals surface area contributed by atoms with E-state index in [1.165, 1.54) is 49.7 Å². The van der Waals surface area contributed by atoms with Crippen molar-refractivity contribution in [2.45, 2.75) is 65.2 Å². The maximum Gasteiger partial charge on any atom is 4.00 e. The molecule has 0 heterocycles. The first kappa shape index (κ1) is 27.2. The summed E-state index contributed by atoms with van der Waals surface area (Å²) in [5.74, 6) is 0. The number of unbranched alkanes of at least 4 members (excludes halogenated alkanes) is 2. The zero-order valence-electron chi connectivity index (χ0n) is 13.2. The van der Waals surface area contributed by atoms with Crippen molar-refractivity contribution in [2.24, 2.45) is 0 Å². The van der Waals surface area contributed by atoms with E-state index in [-0.39, 0.29) is 73.8 Å². The predicted octanol–water partition coefficient (Wildman–Crippen LogP) is -0.262. The van der Waals surface area contributed by atoms with Gasteiger partial charge in [-0.15, -0.1) is 12.8 Å². The number of allylic oxidation sites excluding steroid dienone is 8. The summed E-state index contributed by atoms with van der Waals surface area (Å²) in [5, 5.41) is 0. The van der Waals surface area contributed by atoms with Crippen LogP contribution < -0.4 is 48.0 Å². The monoisotopic (exact) mass is 676 g/mol. The van der Waals surface area contributed by atoms with Gasteiger partial charge in [0.15, 0.2) is 0 Å². The molecule has 0 radical (unpaired) electrons. The maximum absolute atomic E-state index is 3.30. The Bertz CT molecular complexity index is 307. The van der Waals surface area contributed by atoms with Crippen LogP contribution in [0.3, 0.4) is 0 Å². The number of halogens is 2. The van der Waals surface area contributed by atoms with E-state index < -0.39 is 0 Å². The number of hydrogen-bond acceptors (Lipinski definition) is 0. The molecule has 0 nitrogen and oxygen atoms in total. The van der Waals surface area contributed by atoms with Crippen molar-refractivity contribution in [2.75, 3.05) is 0 Å². The van der Waals surface area contributed by atoms with Crippen LogP contribution in [0.5, 0.6) is 0 Å². The van der Waals surface area contributed by atoms with Gasteiger partial charge in [-0.3, -0.25) is 12.2 Å². The van der Waals surface area contributed by atoms with Gasteiger partial charge in [-0.25, -0.2) is 23.3 Å². The van der Waals surface area contributed by atoms with E-state index in [0.29, 0.717) is 0 Å². The molecule has 0 atom stereocenters. The van der Waals surface area contributed by atoms with E-state index in [9.17, 15) is 0 Å². The minimum Gasteiger partial charge on any atom is -1.00 e. The molecule has 0 fully saturated rings. The average Bonchev–Trinajstić information content (AvgIpc) is 3.07. The van der Waals surface area contributed by atoms with E-state index in [0.717, 1.165) is 12.8 Å². The second-order valence-corrected chi connectivity index (χ2v) is 4.82. The molecule has 3 heteroatoms. The molecule has 0 aromatic rings. The van der Waals surface area contributed by atoms with E-state index >= 15 is 0 Å². The molecule has 0 aromatic heterocycles. The maximum atomic E-state index is 3.30. The van der Waals surface area contributed by atoms with Crippen molar-refractivity contribution in [3.05, 3.63) is 47.6 Å². The van der Waals surface area contributed by atoms with Crippen molar-refractivity contribution in [3.63, 3.8) is 0 Å². The Kier molecular flexibility index (Phi) is 25.0. The van der Waals surface area contributed by atoms with Crippen LogP contribution in [-0.4, -0.2) is 0 Å². The average molecular weight is 675 g/mol. The van der Waals surface area contributed by atoms with Gasteiger partial charge in [-0.2, -0.15) is 12.2 Å². The molecule has 0 unspecified atom stereocenters. The van der Waals surface area contributed by atoms with Crippen molar-refractivity contribution in [3.8, 4) is 0 Å². The summed E-state index contributed by atoms with van der Waals surface area (Å²) >= 11 is 0. The van der Waals surface area contributed by atoms with E-state index in [1.807, 2.05) is 0 Å². The van der Waals surface area contributed by atoms with Crippen LogP contribution >= 0.6 is 0 Å². The first-order valence-electron chi connectivity index (χ1n) is 7.39. The second kappa shape index (κ2) is 19.3.